The SMILES string of the molecule is CC1=CC(C)=[N+]2B(F)n3c(ccc3CCC(=O)NCCN3CCN(C/C=C(\C#N)C(=O)Nc4cccc(Oc5ncnc(N)c5-c5ccc(Oc6ccccc6)cc5)c4)CC3)C=C12. The monoisotopic (exact) mass is 845 g/mol. The molecule has 3 aliphatic rings. The van der Waals surface area contributed by atoms with E-state index >= 15 is 4.32 Å². The molecule has 4 N–H and O–H groups in total. The van der Waals surface area contributed by atoms with Crippen molar-refractivity contribution in [3.63, 3.8) is 0 Å². The summed E-state index contributed by atoms with van der Waals surface area (Å²) in [6, 6.07) is 29.4. The molecule has 1 fully saturated rings. The van der Waals surface area contributed by atoms with Crippen LogP contribution in [0.3, 0.4) is 0 Å². The van der Waals surface area contributed by atoms with Crippen LogP contribution in [0.2, 0.25) is 0 Å². The molecular formula is C47H47BFN10O4+. The van der Waals surface area contributed by atoms with E-state index < -0.39 is 13.2 Å². The summed E-state index contributed by atoms with van der Waals surface area (Å²) >= 11 is 0. The molecule has 0 unspecified atom stereocenters. The van der Waals surface area contributed by atoms with Gasteiger partial charge in [-0.2, -0.15) is 5.26 Å². The van der Waals surface area contributed by atoms with Gasteiger partial charge >= 0.3 is 7.26 Å². The summed E-state index contributed by atoms with van der Waals surface area (Å²) in [6.45, 7) is 8.59. The number of piperazine rings is 1. The lowest BCUT2D eigenvalue weighted by molar-refractivity contribution is -0.336. The zero-order valence-corrected chi connectivity index (χ0v) is 35.1. The molecule has 5 aromatic rings. The number of rotatable bonds is 15. The molecule has 1 saturated heterocycles. The second kappa shape index (κ2) is 19.1. The summed E-state index contributed by atoms with van der Waals surface area (Å²) in [5, 5.41) is 15.7. The van der Waals surface area contributed by atoms with Crippen molar-refractivity contribution in [3.8, 4) is 40.3 Å². The van der Waals surface area contributed by atoms with E-state index in [0.717, 1.165) is 60.1 Å². The molecule has 2 aromatic heterocycles. The molecule has 0 atom stereocenters. The minimum absolute atomic E-state index is 0.00229. The van der Waals surface area contributed by atoms with E-state index in [-0.39, 0.29) is 29.6 Å². The van der Waals surface area contributed by atoms with Crippen molar-refractivity contribution >= 4 is 42.4 Å². The van der Waals surface area contributed by atoms with E-state index in [1.54, 1.807) is 39.3 Å². The number of hydrogen-bond donors (Lipinski definition) is 3. The number of allylic oxidation sites excluding steroid dienone is 2. The van der Waals surface area contributed by atoms with Crippen molar-refractivity contribution in [2.24, 2.45) is 0 Å². The van der Waals surface area contributed by atoms with E-state index in [0.29, 0.717) is 54.6 Å². The fourth-order valence-electron chi connectivity index (χ4n) is 7.93. The maximum Gasteiger partial charge on any atom is 0.846 e. The van der Waals surface area contributed by atoms with Crippen LogP contribution < -0.4 is 25.8 Å². The average Bonchev–Trinajstić information content (AvgIpc) is 3.83. The van der Waals surface area contributed by atoms with Crippen LogP contribution in [0.25, 0.3) is 17.2 Å². The van der Waals surface area contributed by atoms with Crippen LogP contribution in [0.15, 0.2) is 126 Å². The molecule has 3 aromatic carbocycles. The van der Waals surface area contributed by atoms with Gasteiger partial charge in [0.05, 0.1) is 5.56 Å². The highest BCUT2D eigenvalue weighted by atomic mass is 19.1. The summed E-state index contributed by atoms with van der Waals surface area (Å²) in [6.07, 6.45) is 7.65. The quantitative estimate of drug-likeness (QED) is 0.0605. The van der Waals surface area contributed by atoms with Crippen molar-refractivity contribution < 1.29 is 27.9 Å². The standard InChI is InChI=1S/C47H46BFN10O4/c1-32-27-33(2)58-42(32)29-38-14-13-37(59(38)48(58)49)15-18-43(60)52-20-22-57-25-23-56(24-26-57)21-19-35(30-50)46(61)55-36-7-6-10-41(28-36)63-47-44(45(51)53-31-54-47)34-11-16-40(17-12-34)62-39-8-4-3-5-9-39/h3-14,16-17,19,27-29,31H,15,18,20-26H2,1-2H3,(H3-,51,52,53,54,55,60,61)/p+1/b35-19+. The maximum atomic E-state index is 15.6. The molecule has 0 bridgehead atoms. The molecule has 0 radical (unpaired) electrons. The number of nitrogens with two attached hydrogens (primary N) is 1. The molecule has 63 heavy (non-hydrogen) atoms. The Hall–Kier alpha value is -7.35. The molecule has 0 spiro atoms. The van der Waals surface area contributed by atoms with Crippen LogP contribution in [0.1, 0.15) is 31.7 Å². The number of fused-ring (bicyclic) bond motifs is 2. The van der Waals surface area contributed by atoms with Gasteiger partial charge in [0.2, 0.25) is 11.8 Å². The molecule has 318 valence electrons. The van der Waals surface area contributed by atoms with E-state index in [1.807, 2.05) is 98.8 Å². The number of hydrogen-bond acceptors (Lipinski definition) is 10. The van der Waals surface area contributed by atoms with Crippen molar-refractivity contribution in [3.05, 3.63) is 138 Å². The first-order valence-electron chi connectivity index (χ1n) is 20.9. The van der Waals surface area contributed by atoms with Crippen LogP contribution in [0.4, 0.5) is 15.8 Å². The third-order valence-electron chi connectivity index (χ3n) is 11.2. The van der Waals surface area contributed by atoms with Crippen LogP contribution >= 0.6 is 0 Å². The Morgan fingerprint density at radius 3 is 2.44 bits per heavy atom. The summed E-state index contributed by atoms with van der Waals surface area (Å²) < 4.78 is 31.1. The molecular weight excluding hydrogens is 798 g/mol. The third kappa shape index (κ3) is 9.91. The van der Waals surface area contributed by atoms with Gasteiger partial charge < -0.3 is 25.8 Å². The number of para-hydroxylation sites is 1. The first-order valence-corrected chi connectivity index (χ1v) is 20.9. The number of halogens is 1. The highest BCUT2D eigenvalue weighted by Crippen LogP contribution is 2.37. The van der Waals surface area contributed by atoms with Gasteiger partial charge in [0.25, 0.3) is 5.91 Å². The number of carbonyl (C=O) groups excluding carboxylic acids is 2. The Labute approximate surface area is 365 Å². The molecule has 16 heteroatoms. The highest BCUT2D eigenvalue weighted by molar-refractivity contribution is 6.43. The predicted octanol–water partition coefficient (Wildman–Crippen LogP) is 6.46. The zero-order valence-electron chi connectivity index (χ0n) is 35.1. The first kappa shape index (κ1) is 42.3. The smallest absolute Gasteiger partial charge is 0.457 e. The minimum Gasteiger partial charge on any atom is -0.457 e. The van der Waals surface area contributed by atoms with Crippen molar-refractivity contribution in [2.45, 2.75) is 26.7 Å². The van der Waals surface area contributed by atoms with Gasteiger partial charge in [0, 0.05) is 100 Å². The van der Waals surface area contributed by atoms with Crippen LogP contribution in [0.5, 0.6) is 23.1 Å². The lowest BCUT2D eigenvalue weighted by Gasteiger charge is -2.34. The Bertz CT molecular complexity index is 2680. The number of benzene rings is 3. The molecule has 8 rings (SSSR count). The van der Waals surface area contributed by atoms with Gasteiger partial charge in [-0.1, -0.05) is 36.4 Å². The second-order valence-electron chi connectivity index (χ2n) is 15.5. The fraction of sp³-hybridized carbons (Fsp3) is 0.234. The Kier molecular flexibility index (Phi) is 12.9. The molecule has 0 aliphatic carbocycles. The lowest BCUT2D eigenvalue weighted by Crippen LogP contribution is -2.48. The molecule has 14 nitrogen and oxygen atoms in total. The van der Waals surface area contributed by atoms with Gasteiger partial charge in [0.15, 0.2) is 11.4 Å². The molecule has 5 heterocycles. The maximum absolute atomic E-state index is 15.6. The normalized spacial score (nSPS) is 15.2. The Balaban J connectivity index is 0.777. The van der Waals surface area contributed by atoms with Gasteiger partial charge in [-0.3, -0.25) is 23.9 Å². The fourth-order valence-corrected chi connectivity index (χ4v) is 7.93. The lowest BCUT2D eigenvalue weighted by atomic mass is 9.95. The topological polar surface area (TPSA) is 167 Å². The third-order valence-corrected chi connectivity index (χ3v) is 11.2. The number of amides is 2. The van der Waals surface area contributed by atoms with Crippen molar-refractivity contribution in [1.29, 1.82) is 5.26 Å². The van der Waals surface area contributed by atoms with Crippen LogP contribution in [-0.2, 0) is 16.0 Å². The second-order valence-corrected chi connectivity index (χ2v) is 15.5. The summed E-state index contributed by atoms with van der Waals surface area (Å²) in [7, 11) is -1.34. The van der Waals surface area contributed by atoms with E-state index in [4.69, 9.17) is 15.2 Å². The molecule has 3 aliphatic heterocycles. The van der Waals surface area contributed by atoms with Gasteiger partial charge in [-0.05, 0) is 73.5 Å². The number of carbonyl (C=O) groups is 2. The van der Waals surface area contributed by atoms with Crippen molar-refractivity contribution in [2.75, 3.05) is 56.9 Å². The summed E-state index contributed by atoms with van der Waals surface area (Å²) in [5.74, 6) is 1.61. The summed E-state index contributed by atoms with van der Waals surface area (Å²) in [4.78, 5) is 38.9. The summed E-state index contributed by atoms with van der Waals surface area (Å²) in [5.41, 5.74) is 12.3. The van der Waals surface area contributed by atoms with E-state index in [1.165, 1.54) is 6.33 Å². The van der Waals surface area contributed by atoms with E-state index in [2.05, 4.69) is 30.4 Å². The number of nitrogens with one attached hydrogen (secondary N) is 2. The van der Waals surface area contributed by atoms with Gasteiger partial charge in [0.1, 0.15) is 41.0 Å². The van der Waals surface area contributed by atoms with E-state index in [9.17, 15) is 14.9 Å². The number of ether oxygens (including phenoxy) is 2. The number of anilines is 2. The van der Waals surface area contributed by atoms with Crippen LogP contribution in [0, 0.1) is 11.3 Å². The number of nitrogen functional groups attached to an aromatic ring is 1. The number of nitriles is 1. The predicted molar refractivity (Wildman–Crippen MR) is 241 cm³/mol. The molecule has 2 amide bonds. The Morgan fingerprint density at radius 1 is 0.921 bits per heavy atom. The first-order chi connectivity index (χ1) is 30.6. The van der Waals surface area contributed by atoms with Gasteiger partial charge in [-0.15, -0.1) is 0 Å². The minimum atomic E-state index is -1.34. The molecule has 0 saturated carbocycles. The number of aromatic nitrogens is 3. The Morgan fingerprint density at radius 2 is 1.67 bits per heavy atom. The van der Waals surface area contributed by atoms with Crippen LogP contribution in [-0.4, -0.2) is 99.3 Å². The highest BCUT2D eigenvalue weighted by Gasteiger charge is 2.48. The van der Waals surface area contributed by atoms with Gasteiger partial charge in [-0.25, -0.2) is 18.8 Å². The number of nitrogens with zero attached hydrogens (tertiary/aromatic N) is 7. The van der Waals surface area contributed by atoms with Crippen molar-refractivity contribution in [1.82, 2.24) is 29.6 Å². The largest absolute Gasteiger partial charge is 0.846 e. The zero-order chi connectivity index (χ0) is 43.9. The number of aryl methyl sites for hydroxylation is 1. The average molecular weight is 846 g/mol.